The zero-order chi connectivity index (χ0) is 21.5. The highest BCUT2D eigenvalue weighted by atomic mass is 16.5. The van der Waals surface area contributed by atoms with E-state index in [1.165, 1.54) is 6.26 Å². The van der Waals surface area contributed by atoms with Crippen molar-refractivity contribution < 1.29 is 13.9 Å². The van der Waals surface area contributed by atoms with Crippen LogP contribution in [0, 0.1) is 0 Å². The number of furan rings is 1. The number of methoxy groups -OCH3 is 1. The lowest BCUT2D eigenvalue weighted by molar-refractivity contribution is 0.0599. The van der Waals surface area contributed by atoms with E-state index in [1.54, 1.807) is 34.8 Å². The molecule has 0 radical (unpaired) electrons. The van der Waals surface area contributed by atoms with E-state index in [0.29, 0.717) is 49.3 Å². The van der Waals surface area contributed by atoms with Crippen molar-refractivity contribution in [3.05, 3.63) is 64.6 Å². The minimum atomic E-state index is -0.358. The van der Waals surface area contributed by atoms with Crippen molar-refractivity contribution in [3.8, 4) is 0 Å². The first-order valence-corrected chi connectivity index (χ1v) is 10.4. The van der Waals surface area contributed by atoms with Gasteiger partial charge < -0.3 is 14.1 Å². The zero-order valence-electron chi connectivity index (χ0n) is 17.8. The van der Waals surface area contributed by atoms with Crippen LogP contribution in [0.1, 0.15) is 55.5 Å². The van der Waals surface area contributed by atoms with E-state index >= 15 is 0 Å². The third-order valence-corrected chi connectivity index (χ3v) is 5.14. The lowest BCUT2D eigenvalue weighted by Crippen LogP contribution is -2.39. The highest BCUT2D eigenvalue weighted by Crippen LogP contribution is 2.26. The van der Waals surface area contributed by atoms with Gasteiger partial charge in [0, 0.05) is 26.8 Å². The molecule has 0 aliphatic rings. The summed E-state index contributed by atoms with van der Waals surface area (Å²) >= 11 is 0. The van der Waals surface area contributed by atoms with Crippen LogP contribution < -0.4 is 5.56 Å². The molecule has 0 aliphatic carbocycles. The Morgan fingerprint density at radius 1 is 1.23 bits per heavy atom. The first kappa shape index (κ1) is 21.8. The normalized spacial score (nSPS) is 12.2. The topological polar surface area (TPSA) is 77.6 Å². The summed E-state index contributed by atoms with van der Waals surface area (Å²) in [4.78, 5) is 33.1. The van der Waals surface area contributed by atoms with E-state index in [0.717, 1.165) is 6.42 Å². The number of carbonyl (C=O) groups is 1. The molecule has 0 aliphatic heterocycles. The predicted octanol–water partition coefficient (Wildman–Crippen LogP) is 4.03. The summed E-state index contributed by atoms with van der Waals surface area (Å²) in [6.07, 6.45) is 3.57. The number of para-hydroxylation sites is 1. The van der Waals surface area contributed by atoms with Gasteiger partial charge in [-0.05, 0) is 43.5 Å². The van der Waals surface area contributed by atoms with Crippen LogP contribution in [0.25, 0.3) is 10.9 Å². The largest absolute Gasteiger partial charge is 0.459 e. The Balaban J connectivity index is 2.12. The van der Waals surface area contributed by atoms with Gasteiger partial charge in [-0.25, -0.2) is 4.98 Å². The number of rotatable bonds is 10. The molecule has 1 amide bonds. The average molecular weight is 412 g/mol. The molecule has 3 aromatic rings. The number of aromatic nitrogens is 2. The van der Waals surface area contributed by atoms with Crippen molar-refractivity contribution in [2.75, 3.05) is 20.3 Å². The fourth-order valence-corrected chi connectivity index (χ4v) is 3.74. The van der Waals surface area contributed by atoms with Gasteiger partial charge >= 0.3 is 0 Å². The summed E-state index contributed by atoms with van der Waals surface area (Å²) in [6, 6.07) is 10.3. The number of fused-ring (bicyclic) bond motifs is 1. The zero-order valence-corrected chi connectivity index (χ0v) is 17.8. The van der Waals surface area contributed by atoms with Gasteiger partial charge in [-0.1, -0.05) is 26.0 Å². The first-order chi connectivity index (χ1) is 14.6. The molecule has 0 fully saturated rings. The Bertz CT molecular complexity index is 1030. The predicted molar refractivity (Wildman–Crippen MR) is 116 cm³/mol. The van der Waals surface area contributed by atoms with Gasteiger partial charge in [-0.2, -0.15) is 0 Å². The van der Waals surface area contributed by atoms with Gasteiger partial charge in [0.2, 0.25) is 0 Å². The monoisotopic (exact) mass is 411 g/mol. The van der Waals surface area contributed by atoms with Crippen LogP contribution in [0.3, 0.4) is 0 Å². The number of hydrogen-bond acceptors (Lipinski definition) is 5. The molecule has 1 atom stereocenters. The fraction of sp³-hybridized carbons (Fsp3) is 0.435. The summed E-state index contributed by atoms with van der Waals surface area (Å²) in [5.74, 6) is 0.671. The molecule has 160 valence electrons. The van der Waals surface area contributed by atoms with Crippen molar-refractivity contribution in [1.82, 2.24) is 14.5 Å². The van der Waals surface area contributed by atoms with Crippen LogP contribution in [0.5, 0.6) is 0 Å². The molecule has 0 N–H and O–H groups in total. The van der Waals surface area contributed by atoms with Gasteiger partial charge in [-0.3, -0.25) is 14.2 Å². The van der Waals surface area contributed by atoms with E-state index in [2.05, 4.69) is 0 Å². The fourth-order valence-electron chi connectivity index (χ4n) is 3.74. The van der Waals surface area contributed by atoms with Crippen molar-refractivity contribution in [2.24, 2.45) is 0 Å². The maximum absolute atomic E-state index is 13.3. The van der Waals surface area contributed by atoms with E-state index in [1.807, 2.05) is 32.0 Å². The molecule has 0 bridgehead atoms. The molecule has 1 aromatic carbocycles. The molecular formula is C23H29N3O4. The van der Waals surface area contributed by atoms with Crippen molar-refractivity contribution in [2.45, 2.75) is 45.7 Å². The molecule has 2 aromatic heterocycles. The molecule has 30 heavy (non-hydrogen) atoms. The molecule has 0 saturated carbocycles. The summed E-state index contributed by atoms with van der Waals surface area (Å²) in [5, 5.41) is 0.591. The van der Waals surface area contributed by atoms with Gasteiger partial charge in [0.25, 0.3) is 11.5 Å². The Kier molecular flexibility index (Phi) is 7.41. The van der Waals surface area contributed by atoms with Crippen LogP contribution in [-0.4, -0.2) is 40.6 Å². The van der Waals surface area contributed by atoms with Crippen molar-refractivity contribution >= 4 is 16.8 Å². The molecule has 0 saturated heterocycles. The number of hydrogen-bond donors (Lipinski definition) is 0. The standard InChI is InChI=1S/C23H29N3O4/c1-4-13-26-21(24-18-11-7-6-10-17(18)22(26)27)19(5-2)25(14-9-15-29-3)23(28)20-12-8-16-30-20/h6-8,10-12,16,19H,4-5,9,13-15H2,1-3H3. The summed E-state index contributed by atoms with van der Waals surface area (Å²) < 4.78 is 12.3. The van der Waals surface area contributed by atoms with Crippen LogP contribution in [0.15, 0.2) is 51.9 Å². The second kappa shape index (κ2) is 10.2. The average Bonchev–Trinajstić information content (AvgIpc) is 3.30. The Hall–Kier alpha value is -2.93. The van der Waals surface area contributed by atoms with E-state index in [9.17, 15) is 9.59 Å². The summed E-state index contributed by atoms with van der Waals surface area (Å²) in [7, 11) is 1.64. The van der Waals surface area contributed by atoms with E-state index in [4.69, 9.17) is 14.1 Å². The Labute approximate surface area is 176 Å². The third-order valence-electron chi connectivity index (χ3n) is 5.14. The smallest absolute Gasteiger partial charge is 0.290 e. The molecule has 0 spiro atoms. The van der Waals surface area contributed by atoms with Crippen LogP contribution >= 0.6 is 0 Å². The highest BCUT2D eigenvalue weighted by Gasteiger charge is 2.30. The number of carbonyl (C=O) groups excluding carboxylic acids is 1. The molecule has 2 heterocycles. The maximum atomic E-state index is 13.3. The minimum absolute atomic E-state index is 0.0711. The van der Waals surface area contributed by atoms with Crippen LogP contribution in [0.4, 0.5) is 0 Å². The summed E-state index contributed by atoms with van der Waals surface area (Å²) in [6.45, 7) is 5.58. The lowest BCUT2D eigenvalue weighted by Gasteiger charge is -2.31. The molecule has 1 unspecified atom stereocenters. The van der Waals surface area contributed by atoms with Gasteiger partial charge in [0.15, 0.2) is 5.76 Å². The van der Waals surface area contributed by atoms with Gasteiger partial charge in [-0.15, -0.1) is 0 Å². The van der Waals surface area contributed by atoms with Crippen molar-refractivity contribution in [3.63, 3.8) is 0 Å². The molecule has 7 heteroatoms. The SMILES string of the molecule is CCCn1c(C(CC)N(CCCOC)C(=O)c2ccco2)nc2ccccc2c1=O. The van der Waals surface area contributed by atoms with E-state index < -0.39 is 0 Å². The number of benzene rings is 1. The third kappa shape index (κ3) is 4.46. The van der Waals surface area contributed by atoms with Crippen LogP contribution in [-0.2, 0) is 11.3 Å². The second-order valence-corrected chi connectivity index (χ2v) is 7.19. The van der Waals surface area contributed by atoms with Crippen LogP contribution in [0.2, 0.25) is 0 Å². The number of ether oxygens (including phenoxy) is 1. The maximum Gasteiger partial charge on any atom is 0.290 e. The van der Waals surface area contributed by atoms with Gasteiger partial charge in [0.1, 0.15) is 5.82 Å². The lowest BCUT2D eigenvalue weighted by atomic mass is 10.1. The summed E-state index contributed by atoms with van der Waals surface area (Å²) in [5.41, 5.74) is 0.573. The minimum Gasteiger partial charge on any atom is -0.459 e. The molecular weight excluding hydrogens is 382 g/mol. The molecule has 7 nitrogen and oxygen atoms in total. The number of nitrogens with zero attached hydrogens (tertiary/aromatic N) is 3. The quantitative estimate of drug-likeness (QED) is 0.471. The second-order valence-electron chi connectivity index (χ2n) is 7.19. The molecule has 3 rings (SSSR count). The number of amides is 1. The first-order valence-electron chi connectivity index (χ1n) is 10.4. The highest BCUT2D eigenvalue weighted by molar-refractivity contribution is 5.91. The van der Waals surface area contributed by atoms with Crippen molar-refractivity contribution in [1.29, 1.82) is 0 Å². The Morgan fingerprint density at radius 3 is 2.70 bits per heavy atom. The van der Waals surface area contributed by atoms with E-state index in [-0.39, 0.29) is 23.3 Å². The Morgan fingerprint density at radius 2 is 2.03 bits per heavy atom. The van der Waals surface area contributed by atoms with Gasteiger partial charge in [0.05, 0.1) is 23.2 Å².